The lowest BCUT2D eigenvalue weighted by molar-refractivity contribution is 0.0678. The highest BCUT2D eigenvalue weighted by molar-refractivity contribution is 6.10. The molecule has 7 heteroatoms. The van der Waals surface area contributed by atoms with Crippen LogP contribution in [0.15, 0.2) is 91.1 Å². The third-order valence-corrected chi connectivity index (χ3v) is 7.69. The van der Waals surface area contributed by atoms with E-state index in [1.165, 1.54) is 6.07 Å². The van der Waals surface area contributed by atoms with Gasteiger partial charge in [-0.15, -0.1) is 0 Å². The first-order chi connectivity index (χ1) is 20.6. The van der Waals surface area contributed by atoms with Crippen LogP contribution >= 0.6 is 0 Å². The van der Waals surface area contributed by atoms with Crippen molar-refractivity contribution in [3.8, 4) is 17.0 Å². The Morgan fingerprint density at radius 2 is 1.74 bits per heavy atom. The van der Waals surface area contributed by atoms with E-state index in [2.05, 4.69) is 34.1 Å². The molecule has 2 aromatic heterocycles. The first-order valence-corrected chi connectivity index (χ1v) is 14.5. The Morgan fingerprint density at radius 1 is 1.02 bits per heavy atom. The molecule has 1 aliphatic rings. The lowest BCUT2D eigenvalue weighted by atomic mass is 10.1. The van der Waals surface area contributed by atoms with Crippen LogP contribution in [0.3, 0.4) is 0 Å². The summed E-state index contributed by atoms with van der Waals surface area (Å²) in [6, 6.07) is 27.2. The first-order valence-electron chi connectivity index (χ1n) is 14.5. The number of pyridine rings is 1. The van der Waals surface area contributed by atoms with Gasteiger partial charge in [0.2, 0.25) is 0 Å². The number of benzene rings is 3. The second kappa shape index (κ2) is 12.6. The second-order valence-electron chi connectivity index (χ2n) is 10.7. The molecule has 42 heavy (non-hydrogen) atoms. The number of hydrogen-bond acceptors (Lipinski definition) is 5. The largest absolute Gasteiger partial charge is 0.491 e. The van der Waals surface area contributed by atoms with Crippen LogP contribution in [0.1, 0.15) is 47.7 Å². The van der Waals surface area contributed by atoms with Gasteiger partial charge in [-0.05, 0) is 42.2 Å². The molecule has 1 saturated heterocycles. The van der Waals surface area contributed by atoms with E-state index in [1.807, 2.05) is 49.4 Å². The lowest BCUT2D eigenvalue weighted by Gasteiger charge is -2.25. The first kappa shape index (κ1) is 27.7. The highest BCUT2D eigenvalue weighted by Crippen LogP contribution is 2.35. The third kappa shape index (κ3) is 6.06. The van der Waals surface area contributed by atoms with Crippen molar-refractivity contribution >= 4 is 22.5 Å². The Balaban J connectivity index is 1.39. The molecule has 1 N–H and O–H groups in total. The summed E-state index contributed by atoms with van der Waals surface area (Å²) in [5.74, 6) is 0.743. The van der Waals surface area contributed by atoms with E-state index in [-0.39, 0.29) is 11.9 Å². The molecule has 0 aliphatic carbocycles. The maximum absolute atomic E-state index is 15.5. The zero-order chi connectivity index (χ0) is 28.9. The molecule has 0 amide bonds. The number of H-pyrrole nitrogens is 1. The Kier molecular flexibility index (Phi) is 8.28. The molecule has 214 valence electrons. The highest BCUT2D eigenvalue weighted by Gasteiger charge is 2.22. The number of ether oxygens (including phenoxy) is 2. The van der Waals surface area contributed by atoms with Crippen LogP contribution < -0.4 is 9.64 Å². The number of carbonyl (C=O) groups excluding carboxylic acids is 1. The van der Waals surface area contributed by atoms with Gasteiger partial charge < -0.3 is 19.4 Å². The summed E-state index contributed by atoms with van der Waals surface area (Å²) < 4.78 is 26.9. The fourth-order valence-corrected chi connectivity index (χ4v) is 5.48. The fraction of sp³-hybridized carbons (Fsp3) is 0.257. The average molecular weight is 564 g/mol. The smallest absolute Gasteiger partial charge is 0.164 e. The number of hydrogen-bond donors (Lipinski definition) is 1. The number of aromatic amines is 1. The maximum atomic E-state index is 15.5. The molecule has 0 unspecified atom stereocenters. The minimum absolute atomic E-state index is 0.0133. The van der Waals surface area contributed by atoms with E-state index in [0.29, 0.717) is 60.0 Å². The quantitative estimate of drug-likeness (QED) is 0.167. The minimum Gasteiger partial charge on any atom is -0.491 e. The monoisotopic (exact) mass is 563 g/mol. The number of rotatable bonds is 11. The average Bonchev–Trinajstić information content (AvgIpc) is 3.71. The van der Waals surface area contributed by atoms with Gasteiger partial charge in [0.25, 0.3) is 0 Å². The second-order valence-corrected chi connectivity index (χ2v) is 10.7. The maximum Gasteiger partial charge on any atom is 0.164 e. The minimum atomic E-state index is -0.408. The number of Topliss-reactive ketones (excluding diaryl/α,β-unsaturated/α-hetero) is 1. The third-order valence-electron chi connectivity index (χ3n) is 7.69. The highest BCUT2D eigenvalue weighted by atomic mass is 19.1. The molecule has 1 fully saturated rings. The molecule has 6 rings (SSSR count). The van der Waals surface area contributed by atoms with E-state index in [0.717, 1.165) is 36.0 Å². The summed E-state index contributed by atoms with van der Waals surface area (Å²) in [5.41, 5.74) is 4.47. The van der Waals surface area contributed by atoms with Crippen molar-refractivity contribution in [2.75, 3.05) is 18.1 Å². The van der Waals surface area contributed by atoms with Crippen molar-refractivity contribution in [2.45, 2.75) is 45.4 Å². The molecule has 0 saturated carbocycles. The number of fused-ring (bicyclic) bond motifs is 1. The van der Waals surface area contributed by atoms with Crippen molar-refractivity contribution in [2.24, 2.45) is 0 Å². The summed E-state index contributed by atoms with van der Waals surface area (Å²) in [7, 11) is 0. The standard InChI is InChI=1S/C35H34FN3O3/c1-2-33(40)30-20-37-35(39(21-24-10-5-3-6-11-24)22-25-12-7-4-8-13-25)34-29(30)19-32(38-34)28-16-15-26(18-31(28)36)42-23-27-14-9-17-41-27/h3-8,10-13,15-16,18-20,27,38H,2,9,14,17,21-23H2,1H3/t27-/m0/s1. The lowest BCUT2D eigenvalue weighted by Crippen LogP contribution is -2.23. The van der Waals surface area contributed by atoms with Gasteiger partial charge in [-0.1, -0.05) is 67.6 Å². The fourth-order valence-electron chi connectivity index (χ4n) is 5.48. The molecular formula is C35H34FN3O3. The number of carbonyl (C=O) groups is 1. The van der Waals surface area contributed by atoms with Crippen LogP contribution in [0, 0.1) is 5.82 Å². The molecular weight excluding hydrogens is 529 g/mol. The summed E-state index contributed by atoms with van der Waals surface area (Å²) in [6.45, 7) is 4.20. The van der Waals surface area contributed by atoms with Crippen LogP contribution in [-0.4, -0.2) is 35.1 Å². The van der Waals surface area contributed by atoms with Crippen molar-refractivity contribution in [1.82, 2.24) is 9.97 Å². The van der Waals surface area contributed by atoms with Gasteiger partial charge in [0, 0.05) is 60.6 Å². The topological polar surface area (TPSA) is 67.5 Å². The van der Waals surface area contributed by atoms with E-state index < -0.39 is 5.82 Å². The van der Waals surface area contributed by atoms with Gasteiger partial charge in [-0.3, -0.25) is 4.79 Å². The van der Waals surface area contributed by atoms with E-state index in [4.69, 9.17) is 14.5 Å². The Bertz CT molecular complexity index is 1620. The SMILES string of the molecule is CCC(=O)c1cnc(N(Cc2ccccc2)Cc2ccccc2)c2[nH]c(-c3ccc(OC[C@@H]4CCCO4)cc3F)cc12. The van der Waals surface area contributed by atoms with Crippen LogP contribution in [0.4, 0.5) is 10.2 Å². The molecule has 3 aromatic carbocycles. The zero-order valence-corrected chi connectivity index (χ0v) is 23.7. The molecule has 0 radical (unpaired) electrons. The van der Waals surface area contributed by atoms with Crippen molar-refractivity contribution in [1.29, 1.82) is 0 Å². The van der Waals surface area contributed by atoms with Gasteiger partial charge in [0.05, 0.1) is 11.6 Å². The predicted molar refractivity (Wildman–Crippen MR) is 163 cm³/mol. The summed E-state index contributed by atoms with van der Waals surface area (Å²) >= 11 is 0. The predicted octanol–water partition coefficient (Wildman–Crippen LogP) is 7.73. The van der Waals surface area contributed by atoms with Crippen LogP contribution in [0.2, 0.25) is 0 Å². The zero-order valence-electron chi connectivity index (χ0n) is 23.7. The van der Waals surface area contributed by atoms with Crippen molar-refractivity contribution in [3.63, 3.8) is 0 Å². The van der Waals surface area contributed by atoms with Gasteiger partial charge in [-0.25, -0.2) is 9.37 Å². The van der Waals surface area contributed by atoms with Gasteiger partial charge >= 0.3 is 0 Å². The van der Waals surface area contributed by atoms with Gasteiger partial charge in [-0.2, -0.15) is 0 Å². The van der Waals surface area contributed by atoms with E-state index >= 15 is 4.39 Å². The molecule has 0 spiro atoms. The molecule has 3 heterocycles. The molecule has 5 aromatic rings. The van der Waals surface area contributed by atoms with E-state index in [1.54, 1.807) is 18.3 Å². The van der Waals surface area contributed by atoms with Gasteiger partial charge in [0.15, 0.2) is 11.6 Å². The Labute approximate surface area is 245 Å². The number of anilines is 1. The number of nitrogens with zero attached hydrogens (tertiary/aromatic N) is 2. The van der Waals surface area contributed by atoms with Crippen molar-refractivity contribution in [3.05, 3.63) is 114 Å². The number of halogens is 1. The van der Waals surface area contributed by atoms with Crippen LogP contribution in [0.5, 0.6) is 5.75 Å². The summed E-state index contributed by atoms with van der Waals surface area (Å²) in [6.07, 6.45) is 4.03. The van der Waals surface area contributed by atoms with Crippen molar-refractivity contribution < 1.29 is 18.7 Å². The van der Waals surface area contributed by atoms with E-state index in [9.17, 15) is 4.79 Å². The van der Waals surface area contributed by atoms with Crippen LogP contribution in [0.25, 0.3) is 22.2 Å². The molecule has 1 aliphatic heterocycles. The normalized spacial score (nSPS) is 14.8. The molecule has 1 atom stereocenters. The molecule has 6 nitrogen and oxygen atoms in total. The summed E-state index contributed by atoms with van der Waals surface area (Å²) in [5, 5.41) is 0.728. The number of nitrogens with one attached hydrogen (secondary N) is 1. The van der Waals surface area contributed by atoms with Gasteiger partial charge in [0.1, 0.15) is 18.2 Å². The number of ketones is 1. The Morgan fingerprint density at radius 3 is 2.36 bits per heavy atom. The molecule has 0 bridgehead atoms. The Hall–Kier alpha value is -4.49. The number of aromatic nitrogens is 2. The summed E-state index contributed by atoms with van der Waals surface area (Å²) in [4.78, 5) is 23.4. The van der Waals surface area contributed by atoms with Crippen LogP contribution in [-0.2, 0) is 17.8 Å².